The van der Waals surface area contributed by atoms with Gasteiger partial charge in [0.15, 0.2) is 0 Å². The molecule has 2 saturated carbocycles. The molecule has 0 spiro atoms. The van der Waals surface area contributed by atoms with Crippen molar-refractivity contribution in [2.75, 3.05) is 0 Å². The summed E-state index contributed by atoms with van der Waals surface area (Å²) in [5.74, 6) is 1.17. The molecule has 0 unspecified atom stereocenters. The fourth-order valence-electron chi connectivity index (χ4n) is 2.51. The highest BCUT2D eigenvalue weighted by Crippen LogP contribution is 2.46. The molecule has 0 heterocycles. The summed E-state index contributed by atoms with van der Waals surface area (Å²) in [6, 6.07) is 0. The van der Waals surface area contributed by atoms with Crippen LogP contribution in [-0.4, -0.2) is 10.1 Å². The molecule has 11 heavy (non-hydrogen) atoms. The van der Waals surface area contributed by atoms with Gasteiger partial charge in [0.05, 0.1) is 0 Å². The van der Waals surface area contributed by atoms with Crippen molar-refractivity contribution in [3.05, 3.63) is 0 Å². The van der Waals surface area contributed by atoms with Crippen molar-refractivity contribution in [3.8, 4) is 0 Å². The van der Waals surface area contributed by atoms with Crippen LogP contribution in [0.5, 0.6) is 0 Å². The minimum absolute atomic E-state index is 0.214. The number of carbonyl (C=O) groups excluding carboxylic acids is 1. The third kappa shape index (κ3) is 1.51. The van der Waals surface area contributed by atoms with E-state index in [1.807, 2.05) is 0 Å². The minimum atomic E-state index is 0.214. The van der Waals surface area contributed by atoms with Crippen molar-refractivity contribution < 1.29 is 4.79 Å². The molecule has 2 heteroatoms. The van der Waals surface area contributed by atoms with E-state index in [4.69, 9.17) is 0 Å². The molecule has 0 saturated heterocycles. The van der Waals surface area contributed by atoms with Crippen LogP contribution in [-0.2, 0) is 4.79 Å². The van der Waals surface area contributed by atoms with E-state index in [-0.39, 0.29) is 4.32 Å². The molecule has 62 valence electrons. The Morgan fingerprint density at radius 1 is 1.55 bits per heavy atom. The average Bonchev–Trinajstić information content (AvgIpc) is 1.82. The number of hydrogen-bond donors (Lipinski definition) is 0. The number of rotatable bonds is 0. The van der Waals surface area contributed by atoms with Crippen LogP contribution in [0.2, 0.25) is 0 Å². The molecule has 0 radical (unpaired) electrons. The van der Waals surface area contributed by atoms with E-state index in [9.17, 15) is 4.79 Å². The van der Waals surface area contributed by atoms with E-state index in [0.29, 0.717) is 11.7 Å². The smallest absolute Gasteiger partial charge is 0.134 e. The van der Waals surface area contributed by atoms with Gasteiger partial charge in [-0.3, -0.25) is 4.79 Å². The van der Waals surface area contributed by atoms with Gasteiger partial charge < -0.3 is 0 Å². The molecule has 0 aromatic rings. The molecule has 2 aliphatic rings. The number of Topliss-reactive ketones (excluding diaryl/α,β-unsaturated/α-hetero) is 1. The van der Waals surface area contributed by atoms with Crippen LogP contribution in [0.4, 0.5) is 0 Å². The first-order valence-corrected chi connectivity index (χ1v) is 5.18. The van der Waals surface area contributed by atoms with E-state index >= 15 is 0 Å². The van der Waals surface area contributed by atoms with E-state index in [2.05, 4.69) is 15.9 Å². The summed E-state index contributed by atoms with van der Waals surface area (Å²) in [5.41, 5.74) is 0. The number of fused-ring (bicyclic) bond motifs is 2. The Morgan fingerprint density at radius 2 is 2.36 bits per heavy atom. The second-order valence-electron chi connectivity index (χ2n) is 4.03. The summed E-state index contributed by atoms with van der Waals surface area (Å²) in [5, 5.41) is 0. The number of alkyl halides is 1. The summed E-state index contributed by atoms with van der Waals surface area (Å²) in [7, 11) is 0. The topological polar surface area (TPSA) is 17.1 Å². The Morgan fingerprint density at radius 3 is 3.09 bits per heavy atom. The normalized spacial score (nSPS) is 44.1. The van der Waals surface area contributed by atoms with E-state index < -0.39 is 0 Å². The Kier molecular flexibility index (Phi) is 1.82. The monoisotopic (exact) mass is 216 g/mol. The van der Waals surface area contributed by atoms with Crippen LogP contribution >= 0.6 is 15.9 Å². The van der Waals surface area contributed by atoms with Crippen molar-refractivity contribution in [3.63, 3.8) is 0 Å². The van der Waals surface area contributed by atoms with Crippen molar-refractivity contribution in [2.24, 2.45) is 5.92 Å². The lowest BCUT2D eigenvalue weighted by atomic mass is 9.72. The maximum Gasteiger partial charge on any atom is 0.134 e. The van der Waals surface area contributed by atoms with E-state index in [1.54, 1.807) is 0 Å². The van der Waals surface area contributed by atoms with Gasteiger partial charge in [-0.05, 0) is 25.2 Å². The van der Waals surface area contributed by atoms with Crippen molar-refractivity contribution in [2.45, 2.75) is 42.8 Å². The summed E-state index contributed by atoms with van der Waals surface area (Å²) in [6.45, 7) is 0. The summed E-state index contributed by atoms with van der Waals surface area (Å²) < 4.78 is 0.214. The molecule has 2 atom stereocenters. The van der Waals surface area contributed by atoms with Crippen molar-refractivity contribution in [1.82, 2.24) is 0 Å². The van der Waals surface area contributed by atoms with Crippen LogP contribution in [0.25, 0.3) is 0 Å². The van der Waals surface area contributed by atoms with Gasteiger partial charge in [-0.25, -0.2) is 0 Å². The largest absolute Gasteiger partial charge is 0.300 e. The predicted octanol–water partition coefficient (Wildman–Crippen LogP) is 2.67. The molecule has 0 N–H and O–H groups in total. The number of halogens is 1. The lowest BCUT2D eigenvalue weighted by Gasteiger charge is -2.40. The van der Waals surface area contributed by atoms with Crippen LogP contribution < -0.4 is 0 Å². The highest BCUT2D eigenvalue weighted by Gasteiger charge is 2.40. The summed E-state index contributed by atoms with van der Waals surface area (Å²) in [6.07, 6.45) is 6.66. The predicted molar refractivity (Wildman–Crippen MR) is 47.9 cm³/mol. The van der Waals surface area contributed by atoms with Crippen molar-refractivity contribution >= 4 is 21.7 Å². The number of ketones is 1. The van der Waals surface area contributed by atoms with Gasteiger partial charge in [0.2, 0.25) is 0 Å². The Balaban J connectivity index is 2.15. The average molecular weight is 217 g/mol. The van der Waals surface area contributed by atoms with Gasteiger partial charge in [0, 0.05) is 17.2 Å². The van der Waals surface area contributed by atoms with Crippen LogP contribution in [0.1, 0.15) is 38.5 Å². The van der Waals surface area contributed by atoms with Crippen LogP contribution in [0, 0.1) is 5.92 Å². The molecule has 0 aromatic carbocycles. The highest BCUT2D eigenvalue weighted by atomic mass is 79.9. The summed E-state index contributed by atoms with van der Waals surface area (Å²) >= 11 is 3.71. The molecule has 1 nitrogen and oxygen atoms in total. The minimum Gasteiger partial charge on any atom is -0.300 e. The first kappa shape index (κ1) is 7.78. The zero-order valence-corrected chi connectivity index (χ0v) is 8.19. The van der Waals surface area contributed by atoms with Gasteiger partial charge in [0.1, 0.15) is 5.78 Å². The molecular weight excluding hydrogens is 204 g/mol. The zero-order valence-electron chi connectivity index (χ0n) is 6.61. The first-order valence-electron chi connectivity index (χ1n) is 4.39. The maximum absolute atomic E-state index is 11.3. The molecule has 0 amide bonds. The molecule has 2 aliphatic carbocycles. The van der Waals surface area contributed by atoms with Gasteiger partial charge in [0.25, 0.3) is 0 Å². The molecule has 2 fully saturated rings. The maximum atomic E-state index is 11.3. The fraction of sp³-hybridized carbons (Fsp3) is 0.889. The third-order valence-electron chi connectivity index (χ3n) is 2.92. The quantitative estimate of drug-likeness (QED) is 0.570. The molecule has 2 rings (SSSR count). The highest BCUT2D eigenvalue weighted by molar-refractivity contribution is 9.10. The van der Waals surface area contributed by atoms with Gasteiger partial charge in [-0.2, -0.15) is 0 Å². The van der Waals surface area contributed by atoms with Gasteiger partial charge in [-0.1, -0.05) is 22.4 Å². The standard InChI is InChI=1S/C9H13BrO/c10-9-3-1-2-7(5-9)4-8(11)6-9/h7H,1-6H2/t7-,9+/m1/s1. The van der Waals surface area contributed by atoms with Gasteiger partial charge >= 0.3 is 0 Å². The van der Waals surface area contributed by atoms with Crippen molar-refractivity contribution in [1.29, 1.82) is 0 Å². The Labute approximate surface area is 75.7 Å². The molecular formula is C9H13BrO. The van der Waals surface area contributed by atoms with E-state index in [1.165, 1.54) is 25.7 Å². The molecule has 0 aromatic heterocycles. The number of carbonyl (C=O) groups is 1. The third-order valence-corrected chi connectivity index (χ3v) is 3.92. The van der Waals surface area contributed by atoms with Gasteiger partial charge in [-0.15, -0.1) is 0 Å². The second-order valence-corrected chi connectivity index (χ2v) is 5.72. The summed E-state index contributed by atoms with van der Waals surface area (Å²) in [4.78, 5) is 11.3. The van der Waals surface area contributed by atoms with Crippen LogP contribution in [0.3, 0.4) is 0 Å². The fourth-order valence-corrected chi connectivity index (χ4v) is 3.56. The lowest BCUT2D eigenvalue weighted by Crippen LogP contribution is -2.37. The lowest BCUT2D eigenvalue weighted by molar-refractivity contribution is -0.123. The second kappa shape index (κ2) is 2.58. The Bertz CT molecular complexity index is 190. The van der Waals surface area contributed by atoms with Crippen LogP contribution in [0.15, 0.2) is 0 Å². The molecule has 2 bridgehead atoms. The number of hydrogen-bond acceptors (Lipinski definition) is 1. The Hall–Kier alpha value is 0.150. The SMILES string of the molecule is O=C1C[C@H]2CCC[C@@](Br)(C1)C2. The first-order chi connectivity index (χ1) is 5.18. The zero-order chi connectivity index (χ0) is 7.90. The van der Waals surface area contributed by atoms with E-state index in [0.717, 1.165) is 12.8 Å². The molecule has 0 aliphatic heterocycles.